The van der Waals surface area contributed by atoms with E-state index in [2.05, 4.69) is 22.3 Å². The predicted octanol–water partition coefficient (Wildman–Crippen LogP) is 6.22. The SMILES string of the molecule is Cn1c(Cc2cc3c4c(c2)c(-c2cccc(Cl)c2)cc(=O)n4CCC3)nnc1OCc1ccc(Cl)cc1. The van der Waals surface area contributed by atoms with Gasteiger partial charge >= 0.3 is 6.01 Å². The van der Waals surface area contributed by atoms with Crippen LogP contribution in [-0.4, -0.2) is 19.3 Å². The van der Waals surface area contributed by atoms with E-state index in [1.54, 1.807) is 6.07 Å². The van der Waals surface area contributed by atoms with Gasteiger partial charge in [-0.2, -0.15) is 0 Å². The highest BCUT2D eigenvalue weighted by atomic mass is 35.5. The van der Waals surface area contributed by atoms with Crippen LogP contribution in [0.1, 0.15) is 28.9 Å². The maximum atomic E-state index is 13.0. The fraction of sp³-hybridized carbons (Fsp3) is 0.207. The lowest BCUT2D eigenvalue weighted by Crippen LogP contribution is -2.24. The van der Waals surface area contributed by atoms with E-state index in [9.17, 15) is 4.79 Å². The molecule has 3 heterocycles. The molecule has 0 N–H and O–H groups in total. The number of hydrogen-bond acceptors (Lipinski definition) is 4. The standard InChI is InChI=1S/C29H24Cl2N4O2/c1-34-26(32-33-29(34)37-17-18-7-9-22(30)10-8-18)14-19-12-21-5-3-11-35-27(36)16-24(25(13-19)28(21)35)20-4-2-6-23(31)15-20/h2,4,6-10,12-13,15-16H,3,5,11,14,17H2,1H3. The minimum atomic E-state index is 0.0203. The molecule has 0 amide bonds. The molecule has 0 spiro atoms. The number of rotatable bonds is 6. The maximum absolute atomic E-state index is 13.0. The van der Waals surface area contributed by atoms with Gasteiger partial charge in [0.25, 0.3) is 5.56 Å². The summed E-state index contributed by atoms with van der Waals surface area (Å²) in [6.45, 7) is 1.11. The average Bonchev–Trinajstić information content (AvgIpc) is 3.24. The first-order valence-corrected chi connectivity index (χ1v) is 12.9. The van der Waals surface area contributed by atoms with E-state index < -0.39 is 0 Å². The lowest BCUT2D eigenvalue weighted by Gasteiger charge is -2.22. The molecule has 2 aromatic heterocycles. The molecule has 3 aromatic carbocycles. The molecule has 6 nitrogen and oxygen atoms in total. The average molecular weight is 531 g/mol. The number of hydrogen-bond donors (Lipinski definition) is 0. The Morgan fingerprint density at radius 3 is 2.59 bits per heavy atom. The number of nitrogens with zero attached hydrogens (tertiary/aromatic N) is 4. The Morgan fingerprint density at radius 2 is 1.78 bits per heavy atom. The van der Waals surface area contributed by atoms with Crippen LogP contribution in [0.5, 0.6) is 6.01 Å². The van der Waals surface area contributed by atoms with Gasteiger partial charge in [0.05, 0.1) is 5.52 Å². The zero-order valence-electron chi connectivity index (χ0n) is 20.2. The van der Waals surface area contributed by atoms with Gasteiger partial charge < -0.3 is 9.30 Å². The quantitative estimate of drug-likeness (QED) is 0.261. The van der Waals surface area contributed by atoms with Crippen molar-refractivity contribution in [3.8, 4) is 17.1 Å². The van der Waals surface area contributed by atoms with Gasteiger partial charge in [-0.25, -0.2) is 0 Å². The van der Waals surface area contributed by atoms with E-state index >= 15 is 0 Å². The zero-order chi connectivity index (χ0) is 25.5. The van der Waals surface area contributed by atoms with Gasteiger partial charge in [0, 0.05) is 41.5 Å². The van der Waals surface area contributed by atoms with Gasteiger partial charge in [0.15, 0.2) is 0 Å². The first-order chi connectivity index (χ1) is 18.0. The third-order valence-electron chi connectivity index (χ3n) is 6.87. The smallest absolute Gasteiger partial charge is 0.317 e. The van der Waals surface area contributed by atoms with Crippen molar-refractivity contribution >= 4 is 34.1 Å². The maximum Gasteiger partial charge on any atom is 0.317 e. The molecule has 0 atom stereocenters. The molecule has 1 aliphatic heterocycles. The molecular weight excluding hydrogens is 507 g/mol. The molecule has 0 radical (unpaired) electrons. The molecule has 186 valence electrons. The third-order valence-corrected chi connectivity index (χ3v) is 7.36. The molecule has 0 saturated heterocycles. The first kappa shape index (κ1) is 23.8. The molecule has 0 fully saturated rings. The normalized spacial score (nSPS) is 12.7. The summed E-state index contributed by atoms with van der Waals surface area (Å²) in [5.41, 5.74) is 6.16. The second kappa shape index (κ2) is 9.69. The lowest BCUT2D eigenvalue weighted by molar-refractivity contribution is 0.270. The van der Waals surface area contributed by atoms with E-state index in [4.69, 9.17) is 27.9 Å². The van der Waals surface area contributed by atoms with Crippen molar-refractivity contribution in [1.82, 2.24) is 19.3 Å². The number of aryl methyl sites for hydroxylation is 2. The molecule has 0 saturated carbocycles. The Morgan fingerprint density at radius 1 is 0.946 bits per heavy atom. The molecule has 6 rings (SSSR count). The van der Waals surface area contributed by atoms with Gasteiger partial charge in [-0.05, 0) is 71.0 Å². The van der Waals surface area contributed by atoms with Crippen molar-refractivity contribution in [3.05, 3.63) is 110 Å². The van der Waals surface area contributed by atoms with Gasteiger partial charge in [0.2, 0.25) is 0 Å². The topological polar surface area (TPSA) is 61.9 Å². The molecule has 5 aromatic rings. The lowest BCUT2D eigenvalue weighted by atomic mass is 9.92. The number of pyridine rings is 1. The van der Waals surface area contributed by atoms with Gasteiger partial charge in [-0.1, -0.05) is 58.6 Å². The predicted molar refractivity (Wildman–Crippen MR) is 147 cm³/mol. The molecule has 37 heavy (non-hydrogen) atoms. The number of aromatic nitrogens is 4. The van der Waals surface area contributed by atoms with Crippen LogP contribution in [0.4, 0.5) is 0 Å². The Labute approximate surface area is 224 Å². The summed E-state index contributed by atoms with van der Waals surface area (Å²) in [7, 11) is 1.91. The van der Waals surface area contributed by atoms with Crippen LogP contribution in [0.3, 0.4) is 0 Å². The molecular formula is C29H24Cl2N4O2. The molecule has 0 unspecified atom stereocenters. The minimum absolute atomic E-state index is 0.0203. The highest BCUT2D eigenvalue weighted by Gasteiger charge is 2.20. The van der Waals surface area contributed by atoms with Crippen molar-refractivity contribution < 1.29 is 4.74 Å². The second-order valence-corrected chi connectivity index (χ2v) is 10.2. The third kappa shape index (κ3) is 4.63. The van der Waals surface area contributed by atoms with Crippen LogP contribution in [0, 0.1) is 0 Å². The number of halogens is 2. The second-order valence-electron chi connectivity index (χ2n) is 9.36. The van der Waals surface area contributed by atoms with E-state index in [1.807, 2.05) is 64.7 Å². The summed E-state index contributed by atoms with van der Waals surface area (Å²) < 4.78 is 9.70. The van der Waals surface area contributed by atoms with Crippen LogP contribution < -0.4 is 10.3 Å². The molecule has 0 aliphatic carbocycles. The summed E-state index contributed by atoms with van der Waals surface area (Å²) >= 11 is 12.3. The van der Waals surface area contributed by atoms with E-state index in [0.29, 0.717) is 29.1 Å². The van der Waals surface area contributed by atoms with Gasteiger partial charge in [-0.15, -0.1) is 5.10 Å². The molecule has 0 bridgehead atoms. The summed E-state index contributed by atoms with van der Waals surface area (Å²) in [6.07, 6.45) is 2.45. The Balaban J connectivity index is 1.36. The Bertz CT molecular complexity index is 1690. The summed E-state index contributed by atoms with van der Waals surface area (Å²) in [5.74, 6) is 0.797. The monoisotopic (exact) mass is 530 g/mol. The van der Waals surface area contributed by atoms with Crippen LogP contribution >= 0.6 is 23.2 Å². The largest absolute Gasteiger partial charge is 0.459 e. The fourth-order valence-electron chi connectivity index (χ4n) is 5.05. The van der Waals surface area contributed by atoms with Gasteiger partial charge in [-0.3, -0.25) is 9.36 Å². The van der Waals surface area contributed by atoms with Crippen LogP contribution in [0.15, 0.2) is 71.5 Å². The van der Waals surface area contributed by atoms with E-state index in [0.717, 1.165) is 58.4 Å². The Hall–Kier alpha value is -3.61. The van der Waals surface area contributed by atoms with Crippen molar-refractivity contribution in [1.29, 1.82) is 0 Å². The van der Waals surface area contributed by atoms with E-state index in [-0.39, 0.29) is 5.56 Å². The summed E-state index contributed by atoms with van der Waals surface area (Å²) in [6, 6.07) is 21.7. The fourth-order valence-corrected chi connectivity index (χ4v) is 5.36. The minimum Gasteiger partial charge on any atom is -0.459 e. The van der Waals surface area contributed by atoms with Crippen molar-refractivity contribution in [2.75, 3.05) is 0 Å². The Kier molecular flexibility index (Phi) is 6.22. The number of ether oxygens (including phenoxy) is 1. The molecule has 1 aliphatic rings. The van der Waals surface area contributed by atoms with Crippen LogP contribution in [-0.2, 0) is 33.0 Å². The van der Waals surface area contributed by atoms with Crippen molar-refractivity contribution in [3.63, 3.8) is 0 Å². The summed E-state index contributed by atoms with van der Waals surface area (Å²) in [4.78, 5) is 13.0. The van der Waals surface area contributed by atoms with Crippen molar-refractivity contribution in [2.45, 2.75) is 32.4 Å². The van der Waals surface area contributed by atoms with Crippen LogP contribution in [0.25, 0.3) is 22.0 Å². The van der Waals surface area contributed by atoms with Gasteiger partial charge in [0.1, 0.15) is 12.4 Å². The zero-order valence-corrected chi connectivity index (χ0v) is 21.8. The highest BCUT2D eigenvalue weighted by molar-refractivity contribution is 6.31. The highest BCUT2D eigenvalue weighted by Crippen LogP contribution is 2.34. The van der Waals surface area contributed by atoms with Crippen molar-refractivity contribution in [2.24, 2.45) is 7.05 Å². The van der Waals surface area contributed by atoms with E-state index in [1.165, 1.54) is 5.56 Å². The summed E-state index contributed by atoms with van der Waals surface area (Å²) in [5, 5.41) is 11.1. The first-order valence-electron chi connectivity index (χ1n) is 12.2. The molecule has 8 heteroatoms. The van der Waals surface area contributed by atoms with Crippen LogP contribution in [0.2, 0.25) is 10.0 Å². The number of benzene rings is 3.